The van der Waals surface area contributed by atoms with Crippen LogP contribution in [0.4, 0.5) is 0 Å². The number of esters is 1. The third-order valence-electron chi connectivity index (χ3n) is 4.37. The van der Waals surface area contributed by atoms with Gasteiger partial charge in [-0.3, -0.25) is 9.59 Å². The molecule has 2 rings (SSSR count). The van der Waals surface area contributed by atoms with Crippen molar-refractivity contribution in [2.24, 2.45) is 16.5 Å². The van der Waals surface area contributed by atoms with Gasteiger partial charge in [0.2, 0.25) is 0 Å². The van der Waals surface area contributed by atoms with E-state index in [4.69, 9.17) is 16.0 Å². The highest BCUT2D eigenvalue weighted by Gasteiger charge is 2.61. The molecule has 1 saturated carbocycles. The van der Waals surface area contributed by atoms with E-state index in [1.165, 1.54) is 0 Å². The molecule has 0 radical (unpaired) electrons. The standard InChI is InChI=1S/C18H21NO4/c1-6-8-12-11(3)14(10-13(12)20)23-17(21)15-16(18(15,4)5)19-22-9-7-2/h1,7,14-15H,2,8-10H2,3-5H3/b19-16+/t14-,15+/m0/s1. The molecule has 0 bridgehead atoms. The second kappa shape index (κ2) is 6.41. The summed E-state index contributed by atoms with van der Waals surface area (Å²) in [5.74, 6) is 1.60. The Morgan fingerprint density at radius 1 is 1.57 bits per heavy atom. The van der Waals surface area contributed by atoms with Crippen molar-refractivity contribution in [2.75, 3.05) is 6.61 Å². The lowest BCUT2D eigenvalue weighted by Crippen LogP contribution is -2.20. The van der Waals surface area contributed by atoms with Crippen LogP contribution < -0.4 is 0 Å². The topological polar surface area (TPSA) is 65.0 Å². The van der Waals surface area contributed by atoms with E-state index < -0.39 is 12.0 Å². The molecular formula is C18H21NO4. The zero-order valence-electron chi connectivity index (χ0n) is 13.7. The van der Waals surface area contributed by atoms with Crippen LogP contribution in [-0.2, 0) is 19.2 Å². The molecule has 5 nitrogen and oxygen atoms in total. The molecular weight excluding hydrogens is 294 g/mol. The van der Waals surface area contributed by atoms with Crippen molar-refractivity contribution in [3.63, 3.8) is 0 Å². The van der Waals surface area contributed by atoms with Crippen molar-refractivity contribution < 1.29 is 19.2 Å². The van der Waals surface area contributed by atoms with Gasteiger partial charge >= 0.3 is 5.97 Å². The van der Waals surface area contributed by atoms with Crippen molar-refractivity contribution in [3.8, 4) is 12.3 Å². The van der Waals surface area contributed by atoms with E-state index in [1.807, 2.05) is 13.8 Å². The highest BCUT2D eigenvalue weighted by Crippen LogP contribution is 2.49. The zero-order valence-corrected chi connectivity index (χ0v) is 13.7. The second-order valence-electron chi connectivity index (χ2n) is 6.31. The lowest BCUT2D eigenvalue weighted by molar-refractivity contribution is -0.149. The first kappa shape index (κ1) is 17.0. The number of Topliss-reactive ketones (excluding diaryl/α,β-unsaturated/α-hetero) is 1. The van der Waals surface area contributed by atoms with Crippen LogP contribution in [0, 0.1) is 23.7 Å². The van der Waals surface area contributed by atoms with Crippen molar-refractivity contribution in [1.29, 1.82) is 0 Å². The number of ketones is 1. The Kier molecular flexibility index (Phi) is 4.74. The van der Waals surface area contributed by atoms with Gasteiger partial charge in [0.1, 0.15) is 18.6 Å². The summed E-state index contributed by atoms with van der Waals surface area (Å²) in [6, 6.07) is 0. The summed E-state index contributed by atoms with van der Waals surface area (Å²) >= 11 is 0. The van der Waals surface area contributed by atoms with Crippen LogP contribution in [0.5, 0.6) is 0 Å². The van der Waals surface area contributed by atoms with Gasteiger partial charge in [0.25, 0.3) is 0 Å². The lowest BCUT2D eigenvalue weighted by atomic mass is 10.1. The lowest BCUT2D eigenvalue weighted by Gasteiger charge is -2.13. The molecule has 2 aliphatic carbocycles. The summed E-state index contributed by atoms with van der Waals surface area (Å²) in [6.07, 6.45) is 6.77. The number of oxime groups is 1. The molecule has 122 valence electrons. The number of hydrogen-bond acceptors (Lipinski definition) is 5. The average molecular weight is 315 g/mol. The van der Waals surface area contributed by atoms with E-state index in [-0.39, 0.29) is 36.6 Å². The molecule has 2 aliphatic rings. The summed E-state index contributed by atoms with van der Waals surface area (Å²) in [4.78, 5) is 29.4. The maximum absolute atomic E-state index is 12.4. The quantitative estimate of drug-likeness (QED) is 0.248. The van der Waals surface area contributed by atoms with Crippen LogP contribution in [0.1, 0.15) is 33.6 Å². The fourth-order valence-electron chi connectivity index (χ4n) is 2.80. The normalized spacial score (nSPS) is 26.9. The largest absolute Gasteiger partial charge is 0.457 e. The molecule has 0 aromatic rings. The molecule has 0 unspecified atom stereocenters. The van der Waals surface area contributed by atoms with Crippen molar-refractivity contribution in [1.82, 2.24) is 0 Å². The van der Waals surface area contributed by atoms with Gasteiger partial charge in [-0.05, 0) is 12.5 Å². The Morgan fingerprint density at radius 2 is 2.26 bits per heavy atom. The number of nitrogens with zero attached hydrogens (tertiary/aromatic N) is 1. The molecule has 2 atom stereocenters. The molecule has 0 aliphatic heterocycles. The van der Waals surface area contributed by atoms with Crippen LogP contribution in [0.25, 0.3) is 0 Å². The SMILES string of the molecule is C#CCC1=C(C)[C@@H](OC(=O)[C@H]2/C(=N\OCC=C)C2(C)C)CC1=O. The van der Waals surface area contributed by atoms with E-state index in [0.717, 1.165) is 5.57 Å². The Balaban J connectivity index is 2.04. The minimum atomic E-state index is -0.523. The molecule has 0 aromatic heterocycles. The van der Waals surface area contributed by atoms with E-state index >= 15 is 0 Å². The highest BCUT2D eigenvalue weighted by atomic mass is 16.6. The number of carbonyl (C=O) groups excluding carboxylic acids is 2. The van der Waals surface area contributed by atoms with E-state index in [1.54, 1.807) is 13.0 Å². The fourth-order valence-corrected chi connectivity index (χ4v) is 2.80. The molecule has 1 fully saturated rings. The number of ether oxygens (including phenoxy) is 1. The minimum Gasteiger partial charge on any atom is -0.457 e. The number of terminal acetylenes is 1. The van der Waals surface area contributed by atoms with Gasteiger partial charge in [0, 0.05) is 17.4 Å². The van der Waals surface area contributed by atoms with Crippen LogP contribution in [0.2, 0.25) is 0 Å². The third-order valence-corrected chi connectivity index (χ3v) is 4.37. The number of hydrogen-bond donors (Lipinski definition) is 0. The van der Waals surface area contributed by atoms with Gasteiger partial charge in [-0.1, -0.05) is 31.7 Å². The van der Waals surface area contributed by atoms with Crippen molar-refractivity contribution >= 4 is 17.5 Å². The predicted molar refractivity (Wildman–Crippen MR) is 86.5 cm³/mol. The minimum absolute atomic E-state index is 0.0449. The van der Waals surface area contributed by atoms with Gasteiger partial charge < -0.3 is 9.57 Å². The maximum Gasteiger partial charge on any atom is 0.316 e. The third kappa shape index (κ3) is 3.21. The molecule has 0 heterocycles. The highest BCUT2D eigenvalue weighted by molar-refractivity contribution is 6.20. The van der Waals surface area contributed by atoms with Crippen LogP contribution in [-0.4, -0.2) is 30.2 Å². The summed E-state index contributed by atoms with van der Waals surface area (Å²) in [5.41, 5.74) is 1.60. The molecule has 0 saturated heterocycles. The molecule has 5 heteroatoms. The summed E-state index contributed by atoms with van der Waals surface area (Å²) in [5, 5.41) is 3.97. The molecule has 0 amide bonds. The van der Waals surface area contributed by atoms with Crippen molar-refractivity contribution in [3.05, 3.63) is 23.8 Å². The van der Waals surface area contributed by atoms with Gasteiger partial charge in [-0.25, -0.2) is 0 Å². The second-order valence-corrected chi connectivity index (χ2v) is 6.31. The summed E-state index contributed by atoms with van der Waals surface area (Å²) in [6.45, 7) is 9.42. The molecule has 0 spiro atoms. The number of allylic oxidation sites excluding steroid dienone is 1. The molecule has 0 N–H and O–H groups in total. The monoisotopic (exact) mass is 315 g/mol. The van der Waals surface area contributed by atoms with Crippen LogP contribution >= 0.6 is 0 Å². The van der Waals surface area contributed by atoms with E-state index in [0.29, 0.717) is 11.3 Å². The van der Waals surface area contributed by atoms with Crippen LogP contribution in [0.15, 0.2) is 29.0 Å². The Labute approximate surface area is 136 Å². The number of carbonyl (C=O) groups is 2. The summed E-state index contributed by atoms with van der Waals surface area (Å²) in [7, 11) is 0. The fraction of sp³-hybridized carbons (Fsp3) is 0.500. The van der Waals surface area contributed by atoms with E-state index in [2.05, 4.69) is 17.7 Å². The first-order valence-electron chi connectivity index (χ1n) is 7.52. The average Bonchev–Trinajstić information content (AvgIpc) is 2.94. The van der Waals surface area contributed by atoms with Crippen LogP contribution in [0.3, 0.4) is 0 Å². The smallest absolute Gasteiger partial charge is 0.316 e. The Morgan fingerprint density at radius 3 is 2.87 bits per heavy atom. The zero-order chi connectivity index (χ0) is 17.2. The Bertz CT molecular complexity index is 648. The van der Waals surface area contributed by atoms with Gasteiger partial charge in [0.15, 0.2) is 5.78 Å². The van der Waals surface area contributed by atoms with E-state index in [9.17, 15) is 9.59 Å². The first-order chi connectivity index (χ1) is 10.8. The van der Waals surface area contributed by atoms with Crippen molar-refractivity contribution in [2.45, 2.75) is 39.7 Å². The Hall–Kier alpha value is -2.35. The van der Waals surface area contributed by atoms with Gasteiger partial charge in [-0.15, -0.1) is 12.3 Å². The van der Waals surface area contributed by atoms with Gasteiger partial charge in [0.05, 0.1) is 12.1 Å². The maximum atomic E-state index is 12.4. The molecule has 0 aromatic carbocycles. The number of rotatable bonds is 6. The van der Waals surface area contributed by atoms with Gasteiger partial charge in [-0.2, -0.15) is 0 Å². The predicted octanol–water partition coefficient (Wildman–Crippen LogP) is 2.43. The molecule has 23 heavy (non-hydrogen) atoms. The summed E-state index contributed by atoms with van der Waals surface area (Å²) < 4.78 is 5.52. The first-order valence-corrected chi connectivity index (χ1v) is 7.52.